The minimum Gasteiger partial charge on any atom is -0.354 e. The number of piperazine rings is 1. The van der Waals surface area contributed by atoms with Crippen molar-refractivity contribution in [3.63, 3.8) is 0 Å². The number of hydrogen-bond donors (Lipinski definition) is 0. The fourth-order valence-corrected chi connectivity index (χ4v) is 5.97. The van der Waals surface area contributed by atoms with E-state index in [1.807, 2.05) is 30.3 Å². The monoisotopic (exact) mass is 446 g/mol. The van der Waals surface area contributed by atoms with Crippen molar-refractivity contribution >= 4 is 35.0 Å². The summed E-state index contributed by atoms with van der Waals surface area (Å²) < 4.78 is 2.52. The third kappa shape index (κ3) is 3.97. The lowest BCUT2D eigenvalue weighted by Crippen LogP contribution is -2.44. The molecule has 0 N–H and O–H groups in total. The van der Waals surface area contributed by atoms with E-state index in [0.29, 0.717) is 0 Å². The maximum atomic E-state index is 12.0. The van der Waals surface area contributed by atoms with Gasteiger partial charge in [-0.25, -0.2) is 4.98 Å². The highest BCUT2D eigenvalue weighted by Gasteiger charge is 2.43. The normalized spacial score (nSPS) is 18.1. The maximum Gasteiger partial charge on any atom is 0.150 e. The van der Waals surface area contributed by atoms with E-state index in [9.17, 15) is 4.79 Å². The molecule has 0 bridgehead atoms. The Bertz CT molecular complexity index is 1150. The van der Waals surface area contributed by atoms with Crippen molar-refractivity contribution in [1.82, 2.24) is 13.9 Å². The Morgan fingerprint density at radius 1 is 1.16 bits per heavy atom. The molecule has 1 saturated carbocycles. The van der Waals surface area contributed by atoms with Gasteiger partial charge >= 0.3 is 0 Å². The molecule has 0 spiro atoms. The van der Waals surface area contributed by atoms with Gasteiger partial charge in [0, 0.05) is 59.8 Å². The first-order valence-corrected chi connectivity index (χ1v) is 12.1. The highest BCUT2D eigenvalue weighted by atomic mass is 32.2. The predicted octanol–water partition coefficient (Wildman–Crippen LogP) is 5.18. The van der Waals surface area contributed by atoms with E-state index in [-0.39, 0.29) is 4.75 Å². The molecular formula is C26H30N4OS. The van der Waals surface area contributed by atoms with Crippen LogP contribution < -0.4 is 4.90 Å². The van der Waals surface area contributed by atoms with Gasteiger partial charge in [-0.1, -0.05) is 6.08 Å². The summed E-state index contributed by atoms with van der Waals surface area (Å²) in [6.07, 6.45) is 10.5. The molecule has 2 aromatic heterocycles. The number of fused-ring (bicyclic) bond motifs is 1. The zero-order valence-electron chi connectivity index (χ0n) is 18.9. The fourth-order valence-electron chi connectivity index (χ4n) is 4.62. The molecule has 6 heteroatoms. The molecule has 1 aliphatic heterocycles. The number of pyridine rings is 1. The van der Waals surface area contributed by atoms with Crippen molar-refractivity contribution in [3.8, 4) is 11.1 Å². The number of rotatable bonds is 7. The summed E-state index contributed by atoms with van der Waals surface area (Å²) in [6, 6.07) is 8.44. The molecule has 3 heterocycles. The minimum absolute atomic E-state index is 0.253. The first-order chi connectivity index (χ1) is 15.5. The van der Waals surface area contributed by atoms with Crippen molar-refractivity contribution in [2.45, 2.75) is 30.9 Å². The number of carbonyl (C=O) groups excluding carboxylic acids is 1. The highest BCUT2D eigenvalue weighted by Crippen LogP contribution is 2.53. The predicted molar refractivity (Wildman–Crippen MR) is 135 cm³/mol. The summed E-state index contributed by atoms with van der Waals surface area (Å²) in [5, 5.41) is 1.05. The van der Waals surface area contributed by atoms with E-state index in [0.717, 1.165) is 77.9 Å². The molecule has 5 rings (SSSR count). The molecule has 0 amide bonds. The lowest BCUT2D eigenvalue weighted by Gasteiger charge is -2.33. The third-order valence-electron chi connectivity index (χ3n) is 6.74. The average Bonchev–Trinajstić information content (AvgIpc) is 3.49. The second-order valence-electron chi connectivity index (χ2n) is 9.18. The molecule has 166 valence electrons. The number of anilines is 1. The van der Waals surface area contributed by atoms with Crippen molar-refractivity contribution in [3.05, 3.63) is 60.4 Å². The number of allylic oxidation sites excluding steroid dienone is 1. The zero-order valence-corrected chi connectivity index (χ0v) is 19.7. The summed E-state index contributed by atoms with van der Waals surface area (Å²) in [5.41, 5.74) is 5.05. The van der Waals surface area contributed by atoms with Crippen LogP contribution in [0.3, 0.4) is 0 Å². The average molecular weight is 447 g/mol. The fraction of sp³-hybridized carbons (Fsp3) is 0.385. The third-order valence-corrected chi connectivity index (χ3v) is 8.20. The zero-order chi connectivity index (χ0) is 22.3. The van der Waals surface area contributed by atoms with Gasteiger partial charge in [0.2, 0.25) is 0 Å². The molecule has 0 unspecified atom stereocenters. The quantitative estimate of drug-likeness (QED) is 0.369. The molecule has 0 atom stereocenters. The van der Waals surface area contributed by atoms with Crippen LogP contribution in [0, 0.1) is 6.92 Å². The molecule has 32 heavy (non-hydrogen) atoms. The van der Waals surface area contributed by atoms with Crippen LogP contribution >= 0.6 is 11.9 Å². The standard InChI is InChI=1S/C26H30N4OS/c1-4-7-26(8-9-26)32-30-17-19(2)25-22(18-31)14-21(15-23(25)30)20-5-6-24(27-16-20)29-12-10-28(3)11-13-29/h4-6,14-18H,1,7-13H2,2-3H3. The number of hydrogen-bond acceptors (Lipinski definition) is 5. The second kappa shape index (κ2) is 8.41. The second-order valence-corrected chi connectivity index (χ2v) is 10.6. The molecule has 1 aliphatic carbocycles. The van der Waals surface area contributed by atoms with E-state index in [1.54, 1.807) is 0 Å². The number of aldehydes is 1. The SMILES string of the molecule is C=CCC1(Sn2cc(C)c3c(C=O)cc(-c4ccc(N5CCN(C)CC5)nc4)cc32)CC1. The van der Waals surface area contributed by atoms with E-state index < -0.39 is 0 Å². The molecule has 5 nitrogen and oxygen atoms in total. The molecule has 2 aliphatic rings. The van der Waals surface area contributed by atoms with Crippen LogP contribution in [0.2, 0.25) is 0 Å². The summed E-state index contributed by atoms with van der Waals surface area (Å²) in [7, 11) is 2.16. The molecular weight excluding hydrogens is 416 g/mol. The number of likely N-dealkylation sites (N-methyl/N-ethyl adjacent to an activating group) is 1. The van der Waals surface area contributed by atoms with Crippen LogP contribution in [-0.2, 0) is 0 Å². The van der Waals surface area contributed by atoms with E-state index in [4.69, 9.17) is 4.98 Å². The van der Waals surface area contributed by atoms with Gasteiger partial charge in [0.05, 0.1) is 5.52 Å². The number of aromatic nitrogens is 2. The van der Waals surface area contributed by atoms with Gasteiger partial charge in [0.15, 0.2) is 6.29 Å². The van der Waals surface area contributed by atoms with E-state index in [1.165, 1.54) is 12.8 Å². The van der Waals surface area contributed by atoms with Crippen LogP contribution in [-0.4, -0.2) is 58.1 Å². The number of carbonyl (C=O) groups is 1. The van der Waals surface area contributed by atoms with Crippen LogP contribution in [0.4, 0.5) is 5.82 Å². The largest absolute Gasteiger partial charge is 0.354 e. The van der Waals surface area contributed by atoms with Crippen molar-refractivity contribution in [1.29, 1.82) is 0 Å². The lowest BCUT2D eigenvalue weighted by molar-refractivity contribution is 0.112. The Kier molecular flexibility index (Phi) is 5.59. The topological polar surface area (TPSA) is 41.4 Å². The number of nitrogens with zero attached hydrogens (tertiary/aromatic N) is 4. The molecule has 0 radical (unpaired) electrons. The lowest BCUT2D eigenvalue weighted by atomic mass is 10.0. The van der Waals surface area contributed by atoms with Crippen LogP contribution in [0.15, 0.2) is 49.3 Å². The van der Waals surface area contributed by atoms with Crippen LogP contribution in [0.25, 0.3) is 22.0 Å². The van der Waals surface area contributed by atoms with Crippen molar-refractivity contribution in [2.24, 2.45) is 0 Å². The van der Waals surface area contributed by atoms with Gasteiger partial charge < -0.3 is 9.80 Å². The summed E-state index contributed by atoms with van der Waals surface area (Å²) in [4.78, 5) is 21.4. The molecule has 2 fully saturated rings. The van der Waals surface area contributed by atoms with Gasteiger partial charge in [0.1, 0.15) is 5.82 Å². The number of aryl methyl sites for hydroxylation is 1. The summed E-state index contributed by atoms with van der Waals surface area (Å²) in [6.45, 7) is 10.1. The van der Waals surface area contributed by atoms with E-state index in [2.05, 4.69) is 58.7 Å². The Labute approximate surface area is 194 Å². The smallest absolute Gasteiger partial charge is 0.150 e. The van der Waals surface area contributed by atoms with Gasteiger partial charge in [-0.2, -0.15) is 0 Å². The number of benzene rings is 1. The summed E-state index contributed by atoms with van der Waals surface area (Å²) >= 11 is 1.88. The van der Waals surface area contributed by atoms with Crippen LogP contribution in [0.5, 0.6) is 0 Å². The Morgan fingerprint density at radius 3 is 2.56 bits per heavy atom. The Morgan fingerprint density at radius 2 is 1.94 bits per heavy atom. The van der Waals surface area contributed by atoms with Gasteiger partial charge in [-0.15, -0.1) is 6.58 Å². The van der Waals surface area contributed by atoms with Gasteiger partial charge in [-0.05, 0) is 80.6 Å². The van der Waals surface area contributed by atoms with Crippen molar-refractivity contribution < 1.29 is 4.79 Å². The summed E-state index contributed by atoms with van der Waals surface area (Å²) in [5.74, 6) is 1.02. The van der Waals surface area contributed by atoms with Crippen molar-refractivity contribution in [2.75, 3.05) is 38.1 Å². The van der Waals surface area contributed by atoms with E-state index >= 15 is 0 Å². The highest BCUT2D eigenvalue weighted by molar-refractivity contribution is 7.99. The molecule has 3 aromatic rings. The Balaban J connectivity index is 1.49. The first kappa shape index (κ1) is 21.3. The van der Waals surface area contributed by atoms with Gasteiger partial charge in [0.25, 0.3) is 0 Å². The Hall–Kier alpha value is -2.57. The molecule has 1 aromatic carbocycles. The first-order valence-electron chi connectivity index (χ1n) is 11.3. The van der Waals surface area contributed by atoms with Crippen LogP contribution in [0.1, 0.15) is 35.2 Å². The minimum atomic E-state index is 0.253. The maximum absolute atomic E-state index is 12.0. The van der Waals surface area contributed by atoms with Gasteiger partial charge in [-0.3, -0.25) is 8.77 Å². The molecule has 1 saturated heterocycles.